The van der Waals surface area contributed by atoms with Crippen LogP contribution < -0.4 is 4.74 Å². The zero-order chi connectivity index (χ0) is 17.2. The summed E-state index contributed by atoms with van der Waals surface area (Å²) in [6.45, 7) is 2.11. The first kappa shape index (κ1) is 18.2. The van der Waals surface area contributed by atoms with Crippen molar-refractivity contribution < 1.29 is 9.13 Å². The third-order valence-electron chi connectivity index (χ3n) is 4.28. The maximum absolute atomic E-state index is 12.9. The van der Waals surface area contributed by atoms with Crippen LogP contribution in [-0.2, 0) is 19.4 Å². The van der Waals surface area contributed by atoms with Gasteiger partial charge in [0.2, 0.25) is 5.88 Å². The molecule has 0 amide bonds. The fourth-order valence-electron chi connectivity index (χ4n) is 3.02. The topological polar surface area (TPSA) is 60.8 Å². The largest absolute Gasteiger partial charge is 0.471 e. The van der Waals surface area contributed by atoms with Crippen LogP contribution in [0.1, 0.15) is 29.2 Å². The van der Waals surface area contributed by atoms with E-state index < -0.39 is 0 Å². The third-order valence-corrected chi connectivity index (χ3v) is 4.28. The molecule has 5 nitrogen and oxygen atoms in total. The summed E-state index contributed by atoms with van der Waals surface area (Å²) >= 11 is 0. The highest BCUT2D eigenvalue weighted by Gasteiger charge is 2.20. The second-order valence-electron chi connectivity index (χ2n) is 6.06. The number of halogens is 2. The standard InChI is InChI=1S/C19H17FN4O.ClH/c1-12-21-8-13(9-22-12)17-7-19(24-18-4-2-3-16(17)18)25-11-15-6-5-14(20)10-23-15;/h5-10H,2-4,11H2,1H3;1H. The van der Waals surface area contributed by atoms with Crippen LogP contribution in [0.15, 0.2) is 36.8 Å². The Morgan fingerprint density at radius 3 is 2.62 bits per heavy atom. The molecule has 4 rings (SSSR count). The Morgan fingerprint density at radius 2 is 1.88 bits per heavy atom. The van der Waals surface area contributed by atoms with E-state index in [0.717, 1.165) is 41.9 Å². The number of hydrogen-bond acceptors (Lipinski definition) is 5. The molecule has 7 heteroatoms. The average molecular weight is 373 g/mol. The Morgan fingerprint density at radius 1 is 1.08 bits per heavy atom. The molecule has 1 aliphatic rings. The van der Waals surface area contributed by atoms with Crippen LogP contribution in [0, 0.1) is 12.7 Å². The average Bonchev–Trinajstić information content (AvgIpc) is 3.10. The maximum Gasteiger partial charge on any atom is 0.214 e. The van der Waals surface area contributed by atoms with E-state index in [2.05, 4.69) is 19.9 Å². The van der Waals surface area contributed by atoms with Crippen molar-refractivity contribution in [2.45, 2.75) is 32.8 Å². The molecule has 134 valence electrons. The smallest absolute Gasteiger partial charge is 0.214 e. The first-order valence-electron chi connectivity index (χ1n) is 8.24. The number of fused-ring (bicyclic) bond motifs is 1. The van der Waals surface area contributed by atoms with Gasteiger partial charge in [-0.3, -0.25) is 4.98 Å². The zero-order valence-electron chi connectivity index (χ0n) is 14.3. The van der Waals surface area contributed by atoms with E-state index in [-0.39, 0.29) is 24.8 Å². The van der Waals surface area contributed by atoms with E-state index in [1.165, 1.54) is 17.8 Å². The van der Waals surface area contributed by atoms with Crippen LogP contribution in [-0.4, -0.2) is 19.9 Å². The summed E-state index contributed by atoms with van der Waals surface area (Å²) < 4.78 is 18.7. The van der Waals surface area contributed by atoms with Crippen LogP contribution in [0.3, 0.4) is 0 Å². The van der Waals surface area contributed by atoms with Gasteiger partial charge in [0.05, 0.1) is 11.9 Å². The molecule has 0 saturated heterocycles. The lowest BCUT2D eigenvalue weighted by molar-refractivity contribution is 0.288. The Balaban J connectivity index is 0.00000196. The van der Waals surface area contributed by atoms with Gasteiger partial charge in [-0.05, 0) is 49.4 Å². The molecule has 0 spiro atoms. The number of hydrogen-bond donors (Lipinski definition) is 0. The van der Waals surface area contributed by atoms with Gasteiger partial charge in [-0.2, -0.15) is 0 Å². The number of ether oxygens (including phenoxy) is 1. The predicted octanol–water partition coefficient (Wildman–Crippen LogP) is 3.87. The molecule has 0 radical (unpaired) electrons. The van der Waals surface area contributed by atoms with Gasteiger partial charge in [-0.15, -0.1) is 12.4 Å². The molecule has 0 saturated carbocycles. The van der Waals surface area contributed by atoms with Crippen molar-refractivity contribution in [3.05, 3.63) is 65.4 Å². The Hall–Kier alpha value is -2.60. The van der Waals surface area contributed by atoms with Crippen LogP contribution >= 0.6 is 12.4 Å². The molecule has 3 heterocycles. The molecular weight excluding hydrogens is 355 g/mol. The molecular formula is C19H18ClFN4O. The molecule has 0 aliphatic heterocycles. The molecule has 0 fully saturated rings. The number of rotatable bonds is 4. The Kier molecular flexibility index (Phi) is 5.42. The van der Waals surface area contributed by atoms with Crippen LogP contribution in [0.4, 0.5) is 4.39 Å². The molecule has 0 atom stereocenters. The predicted molar refractivity (Wildman–Crippen MR) is 97.8 cm³/mol. The molecule has 0 N–H and O–H groups in total. The van der Waals surface area contributed by atoms with Gasteiger partial charge in [0.1, 0.15) is 18.2 Å². The van der Waals surface area contributed by atoms with Gasteiger partial charge in [0, 0.05) is 29.7 Å². The lowest BCUT2D eigenvalue weighted by Crippen LogP contribution is -2.03. The van der Waals surface area contributed by atoms with Crippen molar-refractivity contribution in [1.29, 1.82) is 0 Å². The van der Waals surface area contributed by atoms with Crippen molar-refractivity contribution in [2.24, 2.45) is 0 Å². The zero-order valence-corrected chi connectivity index (χ0v) is 15.1. The summed E-state index contributed by atoms with van der Waals surface area (Å²) in [5.41, 5.74) is 5.02. The summed E-state index contributed by atoms with van der Waals surface area (Å²) in [5, 5.41) is 0. The van der Waals surface area contributed by atoms with E-state index in [0.29, 0.717) is 11.6 Å². The highest BCUT2D eigenvalue weighted by molar-refractivity contribution is 5.85. The molecule has 3 aromatic rings. The lowest BCUT2D eigenvalue weighted by atomic mass is 10.0. The third kappa shape index (κ3) is 3.80. The fourth-order valence-corrected chi connectivity index (χ4v) is 3.02. The molecule has 0 bridgehead atoms. The molecule has 3 aromatic heterocycles. The number of pyridine rings is 2. The second-order valence-corrected chi connectivity index (χ2v) is 6.06. The molecule has 1 aliphatic carbocycles. The summed E-state index contributed by atoms with van der Waals surface area (Å²) in [7, 11) is 0. The van der Waals surface area contributed by atoms with Crippen molar-refractivity contribution in [2.75, 3.05) is 0 Å². The number of aryl methyl sites for hydroxylation is 2. The van der Waals surface area contributed by atoms with Crippen molar-refractivity contribution >= 4 is 12.4 Å². The van der Waals surface area contributed by atoms with Gasteiger partial charge in [-0.25, -0.2) is 19.3 Å². The molecule has 26 heavy (non-hydrogen) atoms. The summed E-state index contributed by atoms with van der Waals surface area (Å²) in [6, 6.07) is 4.91. The second kappa shape index (κ2) is 7.74. The normalized spacial score (nSPS) is 12.4. The highest BCUT2D eigenvalue weighted by Crippen LogP contribution is 2.33. The minimum atomic E-state index is -0.360. The Labute approximate surface area is 157 Å². The summed E-state index contributed by atoms with van der Waals surface area (Å²) in [4.78, 5) is 17.2. The molecule has 0 aromatic carbocycles. The molecule has 0 unspecified atom stereocenters. The lowest BCUT2D eigenvalue weighted by Gasteiger charge is -2.12. The number of aromatic nitrogens is 4. The van der Waals surface area contributed by atoms with E-state index in [1.807, 2.05) is 25.4 Å². The first-order chi connectivity index (χ1) is 12.2. The van der Waals surface area contributed by atoms with Gasteiger partial charge >= 0.3 is 0 Å². The summed E-state index contributed by atoms with van der Waals surface area (Å²) in [6.07, 6.45) is 7.89. The minimum absolute atomic E-state index is 0. The van der Waals surface area contributed by atoms with Crippen LogP contribution in [0.5, 0.6) is 5.88 Å². The first-order valence-corrected chi connectivity index (χ1v) is 8.24. The monoisotopic (exact) mass is 372 g/mol. The SMILES string of the molecule is Cc1ncc(-c2cc(OCc3ccc(F)cn3)nc3c2CCC3)cn1.Cl. The highest BCUT2D eigenvalue weighted by atomic mass is 35.5. The number of nitrogens with zero attached hydrogens (tertiary/aromatic N) is 4. The fraction of sp³-hybridized carbons (Fsp3) is 0.263. The van der Waals surface area contributed by atoms with Gasteiger partial charge in [0.15, 0.2) is 0 Å². The van der Waals surface area contributed by atoms with E-state index in [4.69, 9.17) is 4.74 Å². The van der Waals surface area contributed by atoms with E-state index in [9.17, 15) is 4.39 Å². The quantitative estimate of drug-likeness (QED) is 0.695. The van der Waals surface area contributed by atoms with Crippen LogP contribution in [0.25, 0.3) is 11.1 Å². The van der Waals surface area contributed by atoms with Crippen LogP contribution in [0.2, 0.25) is 0 Å². The van der Waals surface area contributed by atoms with Gasteiger partial charge < -0.3 is 4.74 Å². The van der Waals surface area contributed by atoms with Crippen molar-refractivity contribution in [1.82, 2.24) is 19.9 Å². The minimum Gasteiger partial charge on any atom is -0.471 e. The maximum atomic E-state index is 12.9. The van der Waals surface area contributed by atoms with E-state index >= 15 is 0 Å². The van der Waals surface area contributed by atoms with E-state index in [1.54, 1.807) is 6.07 Å². The summed E-state index contributed by atoms with van der Waals surface area (Å²) in [5.74, 6) is 0.928. The van der Waals surface area contributed by atoms with Crippen molar-refractivity contribution in [3.63, 3.8) is 0 Å². The van der Waals surface area contributed by atoms with Gasteiger partial charge in [-0.1, -0.05) is 0 Å². The Bertz CT molecular complexity index is 901. The van der Waals surface area contributed by atoms with Gasteiger partial charge in [0.25, 0.3) is 0 Å². The van der Waals surface area contributed by atoms with Crippen molar-refractivity contribution in [3.8, 4) is 17.0 Å².